The molecule has 3 rings (SSSR count). The fourth-order valence-corrected chi connectivity index (χ4v) is 2.55. The van der Waals surface area contributed by atoms with Gasteiger partial charge in [-0.25, -0.2) is 0 Å². The summed E-state index contributed by atoms with van der Waals surface area (Å²) in [7, 11) is 0. The highest BCUT2D eigenvalue weighted by Gasteiger charge is 2.12. The minimum atomic E-state index is 0.991. The van der Waals surface area contributed by atoms with Crippen molar-refractivity contribution in [3.8, 4) is 0 Å². The number of furan rings is 1. The zero-order valence-corrected chi connectivity index (χ0v) is 10.7. The summed E-state index contributed by atoms with van der Waals surface area (Å²) in [6.45, 7) is 4.19. The van der Waals surface area contributed by atoms with Gasteiger partial charge in [-0.2, -0.15) is 0 Å². The van der Waals surface area contributed by atoms with Crippen molar-refractivity contribution in [2.24, 2.45) is 0 Å². The molecule has 0 saturated heterocycles. The Labute approximate surface area is 107 Å². The van der Waals surface area contributed by atoms with E-state index >= 15 is 0 Å². The smallest absolute Gasteiger partial charge is 0.142 e. The highest BCUT2D eigenvalue weighted by atomic mass is 16.3. The standard InChI is InChI=1S/C17H16O/c1-3-7-16-13(4-2)15-11-10-12-8-5-6-9-14(12)17(15)18-16/h3,5-11H,4H2,1-2H3/b7-3-. The van der Waals surface area contributed by atoms with Crippen molar-refractivity contribution in [3.05, 3.63) is 53.8 Å². The molecule has 0 unspecified atom stereocenters. The van der Waals surface area contributed by atoms with Crippen molar-refractivity contribution in [2.75, 3.05) is 0 Å². The fourth-order valence-electron chi connectivity index (χ4n) is 2.55. The van der Waals surface area contributed by atoms with Gasteiger partial charge >= 0.3 is 0 Å². The number of fused-ring (bicyclic) bond motifs is 3. The molecule has 3 aromatic rings. The Morgan fingerprint density at radius 3 is 2.67 bits per heavy atom. The number of allylic oxidation sites excluding steroid dienone is 1. The Hall–Kier alpha value is -2.02. The van der Waals surface area contributed by atoms with E-state index in [2.05, 4.69) is 43.3 Å². The third-order valence-electron chi connectivity index (χ3n) is 3.39. The lowest BCUT2D eigenvalue weighted by molar-refractivity contribution is 0.602. The molecule has 0 fully saturated rings. The van der Waals surface area contributed by atoms with Crippen molar-refractivity contribution < 1.29 is 4.42 Å². The molecule has 1 aromatic heterocycles. The first-order chi connectivity index (χ1) is 8.85. The Balaban J connectivity index is 2.45. The van der Waals surface area contributed by atoms with Gasteiger partial charge in [0.15, 0.2) is 0 Å². The highest BCUT2D eigenvalue weighted by Crippen LogP contribution is 2.33. The van der Waals surface area contributed by atoms with Gasteiger partial charge in [0.25, 0.3) is 0 Å². The van der Waals surface area contributed by atoms with E-state index in [4.69, 9.17) is 4.42 Å². The third-order valence-corrected chi connectivity index (χ3v) is 3.39. The van der Waals surface area contributed by atoms with Crippen LogP contribution in [0.5, 0.6) is 0 Å². The molecule has 0 amide bonds. The molecule has 18 heavy (non-hydrogen) atoms. The van der Waals surface area contributed by atoms with E-state index in [-0.39, 0.29) is 0 Å². The first kappa shape index (κ1) is 11.1. The molecule has 1 heterocycles. The lowest BCUT2D eigenvalue weighted by Gasteiger charge is -1.98. The van der Waals surface area contributed by atoms with E-state index in [0.29, 0.717) is 0 Å². The van der Waals surface area contributed by atoms with Crippen LogP contribution in [-0.4, -0.2) is 0 Å². The van der Waals surface area contributed by atoms with Gasteiger partial charge in [-0.1, -0.05) is 49.4 Å². The Morgan fingerprint density at radius 1 is 1.06 bits per heavy atom. The van der Waals surface area contributed by atoms with Gasteiger partial charge in [0.1, 0.15) is 11.3 Å². The van der Waals surface area contributed by atoms with E-state index in [1.165, 1.54) is 21.7 Å². The fraction of sp³-hybridized carbons (Fsp3) is 0.176. The average Bonchev–Trinajstić information content (AvgIpc) is 2.77. The maximum atomic E-state index is 6.06. The molecule has 0 aliphatic heterocycles. The summed E-state index contributed by atoms with van der Waals surface area (Å²) in [6.07, 6.45) is 5.07. The monoisotopic (exact) mass is 236 g/mol. The first-order valence-corrected chi connectivity index (χ1v) is 6.41. The molecule has 0 saturated carbocycles. The minimum Gasteiger partial charge on any atom is -0.456 e. The molecule has 0 bridgehead atoms. The van der Waals surface area contributed by atoms with E-state index in [9.17, 15) is 0 Å². The Kier molecular flexibility index (Phi) is 2.67. The third kappa shape index (κ3) is 1.55. The number of aryl methyl sites for hydroxylation is 1. The molecule has 0 N–H and O–H groups in total. The second kappa shape index (κ2) is 4.34. The summed E-state index contributed by atoms with van der Waals surface area (Å²) in [5.41, 5.74) is 2.31. The lowest BCUT2D eigenvalue weighted by atomic mass is 10.0. The van der Waals surface area contributed by atoms with E-state index < -0.39 is 0 Å². The van der Waals surface area contributed by atoms with Gasteiger partial charge < -0.3 is 4.42 Å². The van der Waals surface area contributed by atoms with Crippen LogP contribution >= 0.6 is 0 Å². The minimum absolute atomic E-state index is 0.991. The Bertz CT molecular complexity index is 732. The van der Waals surface area contributed by atoms with Crippen molar-refractivity contribution in [1.82, 2.24) is 0 Å². The van der Waals surface area contributed by atoms with Gasteiger partial charge in [-0.05, 0) is 24.8 Å². The number of hydrogen-bond acceptors (Lipinski definition) is 1. The van der Waals surface area contributed by atoms with Crippen LogP contribution in [0.25, 0.3) is 27.8 Å². The average molecular weight is 236 g/mol. The number of hydrogen-bond donors (Lipinski definition) is 0. The van der Waals surface area contributed by atoms with Gasteiger partial charge in [0, 0.05) is 16.3 Å². The molecule has 0 atom stereocenters. The van der Waals surface area contributed by atoms with E-state index in [0.717, 1.165) is 17.8 Å². The van der Waals surface area contributed by atoms with Crippen LogP contribution < -0.4 is 0 Å². The molecule has 0 aliphatic carbocycles. The molecule has 1 heteroatoms. The van der Waals surface area contributed by atoms with Crippen molar-refractivity contribution in [1.29, 1.82) is 0 Å². The van der Waals surface area contributed by atoms with Gasteiger partial charge in [-0.15, -0.1) is 0 Å². The predicted octanol–water partition coefficient (Wildman–Crippen LogP) is 5.18. The summed E-state index contributed by atoms with van der Waals surface area (Å²) in [6, 6.07) is 12.7. The van der Waals surface area contributed by atoms with Crippen LogP contribution in [0.15, 0.2) is 46.9 Å². The Morgan fingerprint density at radius 2 is 1.89 bits per heavy atom. The maximum Gasteiger partial charge on any atom is 0.142 e. The molecule has 90 valence electrons. The zero-order chi connectivity index (χ0) is 12.5. The largest absolute Gasteiger partial charge is 0.456 e. The molecule has 2 aromatic carbocycles. The van der Waals surface area contributed by atoms with Crippen molar-refractivity contribution in [2.45, 2.75) is 20.3 Å². The van der Waals surface area contributed by atoms with Crippen LogP contribution in [0.4, 0.5) is 0 Å². The first-order valence-electron chi connectivity index (χ1n) is 6.41. The normalized spacial score (nSPS) is 11.9. The molecule has 1 nitrogen and oxygen atoms in total. The van der Waals surface area contributed by atoms with Gasteiger partial charge in [-0.3, -0.25) is 0 Å². The molecular formula is C17H16O. The summed E-state index contributed by atoms with van der Waals surface area (Å²) < 4.78 is 6.06. The van der Waals surface area contributed by atoms with Crippen LogP contribution in [0.3, 0.4) is 0 Å². The lowest BCUT2D eigenvalue weighted by Crippen LogP contribution is -1.80. The summed E-state index contributed by atoms with van der Waals surface area (Å²) in [5, 5.41) is 3.66. The topological polar surface area (TPSA) is 13.1 Å². The van der Waals surface area contributed by atoms with Crippen LogP contribution in [0, 0.1) is 0 Å². The van der Waals surface area contributed by atoms with E-state index in [1.807, 2.05) is 19.1 Å². The van der Waals surface area contributed by atoms with Gasteiger partial charge in [0.05, 0.1) is 0 Å². The molecular weight excluding hydrogens is 220 g/mol. The van der Waals surface area contributed by atoms with E-state index in [1.54, 1.807) is 0 Å². The second-order valence-corrected chi connectivity index (χ2v) is 4.46. The number of benzene rings is 2. The summed E-state index contributed by atoms with van der Waals surface area (Å²) >= 11 is 0. The summed E-state index contributed by atoms with van der Waals surface area (Å²) in [4.78, 5) is 0. The van der Waals surface area contributed by atoms with Crippen LogP contribution in [0.1, 0.15) is 25.2 Å². The van der Waals surface area contributed by atoms with Crippen LogP contribution in [-0.2, 0) is 6.42 Å². The summed E-state index contributed by atoms with van der Waals surface area (Å²) in [5.74, 6) is 0.992. The van der Waals surface area contributed by atoms with Gasteiger partial charge in [0.2, 0.25) is 0 Å². The molecule has 0 radical (unpaired) electrons. The van der Waals surface area contributed by atoms with Crippen molar-refractivity contribution in [3.63, 3.8) is 0 Å². The quantitative estimate of drug-likeness (QED) is 0.597. The van der Waals surface area contributed by atoms with Crippen LogP contribution in [0.2, 0.25) is 0 Å². The molecule has 0 spiro atoms. The predicted molar refractivity (Wildman–Crippen MR) is 77.8 cm³/mol. The highest BCUT2D eigenvalue weighted by molar-refractivity contribution is 6.06. The van der Waals surface area contributed by atoms with Crippen molar-refractivity contribution >= 4 is 27.8 Å². The molecule has 0 aliphatic rings. The number of rotatable bonds is 2. The zero-order valence-electron chi connectivity index (χ0n) is 10.7. The second-order valence-electron chi connectivity index (χ2n) is 4.46. The SMILES string of the molecule is C/C=C\c1oc2c(ccc3ccccc32)c1CC. The maximum absolute atomic E-state index is 6.06.